The number of aromatic nitrogens is 1. The second kappa shape index (κ2) is 9.87. The van der Waals surface area contributed by atoms with Gasteiger partial charge in [-0.05, 0) is 68.2 Å². The minimum absolute atomic E-state index is 0.00141. The highest BCUT2D eigenvalue weighted by atomic mass is 32.2. The summed E-state index contributed by atoms with van der Waals surface area (Å²) in [6, 6.07) is 10.0. The summed E-state index contributed by atoms with van der Waals surface area (Å²) < 4.78 is 13.4. The predicted octanol–water partition coefficient (Wildman–Crippen LogP) is 6.07. The first kappa shape index (κ1) is 27.5. The maximum atomic E-state index is 14.6. The number of Topliss-reactive ketones (excluding diaryl/α,β-unsaturated/α-hetero) is 1. The van der Waals surface area contributed by atoms with Gasteiger partial charge in [-0.2, -0.15) is 0 Å². The molecule has 7 heteroatoms. The first-order chi connectivity index (χ1) is 19.7. The molecule has 6 nitrogen and oxygen atoms in total. The normalized spacial score (nSPS) is 41.0. The topological polar surface area (TPSA) is 85.7 Å². The minimum Gasteiger partial charge on any atom is -0.393 e. The third-order valence-corrected chi connectivity index (χ3v) is 12.2. The maximum Gasteiger partial charge on any atom is 0.178 e. The van der Waals surface area contributed by atoms with Gasteiger partial charge in [0.25, 0.3) is 0 Å². The summed E-state index contributed by atoms with van der Waals surface area (Å²) in [5, 5.41) is 13.0. The number of rotatable bonds is 6. The fourth-order valence-electron chi connectivity index (χ4n) is 9.45. The molecule has 6 unspecified atom stereocenters. The van der Waals surface area contributed by atoms with Crippen LogP contribution in [0.2, 0.25) is 0 Å². The van der Waals surface area contributed by atoms with E-state index in [2.05, 4.69) is 25.8 Å². The van der Waals surface area contributed by atoms with Gasteiger partial charge in [-0.3, -0.25) is 14.6 Å². The molecule has 5 aliphatic rings. The molecule has 216 valence electrons. The largest absolute Gasteiger partial charge is 0.393 e. The number of para-hydroxylation sites is 1. The molecule has 1 aromatic carbocycles. The number of hydrogen-bond acceptors (Lipinski definition) is 7. The third kappa shape index (κ3) is 3.92. The van der Waals surface area contributed by atoms with Gasteiger partial charge in [0.05, 0.1) is 23.5 Å². The van der Waals surface area contributed by atoms with E-state index in [9.17, 15) is 14.7 Å². The lowest BCUT2D eigenvalue weighted by molar-refractivity contribution is -0.197. The molecule has 1 aliphatic heterocycles. The lowest BCUT2D eigenvalue weighted by Crippen LogP contribution is -2.63. The number of pyridine rings is 1. The molecule has 0 bridgehead atoms. The number of ketones is 2. The van der Waals surface area contributed by atoms with Crippen molar-refractivity contribution in [3.8, 4) is 0 Å². The summed E-state index contributed by atoms with van der Waals surface area (Å²) in [4.78, 5) is 32.3. The number of aliphatic hydroxyl groups is 1. The zero-order valence-electron chi connectivity index (χ0n) is 24.0. The van der Waals surface area contributed by atoms with Crippen LogP contribution in [0.5, 0.6) is 0 Å². The first-order valence-corrected chi connectivity index (χ1v) is 16.2. The van der Waals surface area contributed by atoms with E-state index in [0.717, 1.165) is 53.5 Å². The van der Waals surface area contributed by atoms with Crippen molar-refractivity contribution in [2.45, 2.75) is 88.3 Å². The van der Waals surface area contributed by atoms with Gasteiger partial charge in [-0.15, -0.1) is 11.8 Å². The lowest BCUT2D eigenvalue weighted by atomic mass is 9.46. The number of thioether (sulfide) groups is 1. The molecule has 0 spiro atoms. The molecule has 7 rings (SSSR count). The molecule has 1 aromatic heterocycles. The molecule has 4 aliphatic carbocycles. The number of hydrogen-bond donors (Lipinski definition) is 1. The van der Waals surface area contributed by atoms with E-state index in [1.54, 1.807) is 18.3 Å². The molecule has 3 saturated carbocycles. The Labute approximate surface area is 246 Å². The molecule has 0 radical (unpaired) electrons. The van der Waals surface area contributed by atoms with Gasteiger partial charge in [-0.25, -0.2) is 0 Å². The van der Waals surface area contributed by atoms with Crippen LogP contribution in [0, 0.1) is 28.6 Å². The van der Waals surface area contributed by atoms with E-state index in [1.165, 1.54) is 11.8 Å². The molecular formula is C34H39NO5S. The smallest absolute Gasteiger partial charge is 0.178 e. The number of carbonyl (C=O) groups excluding carboxylic acids is 2. The fourth-order valence-corrected chi connectivity index (χ4v) is 10.4. The summed E-state index contributed by atoms with van der Waals surface area (Å²) >= 11 is 1.52. The number of aliphatic hydroxyl groups excluding tert-OH is 1. The van der Waals surface area contributed by atoms with Crippen LogP contribution in [0.15, 0.2) is 65.2 Å². The Balaban J connectivity index is 1.23. The van der Waals surface area contributed by atoms with Gasteiger partial charge in [-0.1, -0.05) is 57.0 Å². The Morgan fingerprint density at radius 1 is 1.22 bits per heavy atom. The standard InChI is InChI=1S/C34H39NO5S/c1-4-7-29-39-28-17-24-23-12-11-21-16-22(36)13-14-32(21,2)30(23)25(37)18-33(24,3)34(28,40-29)27(38)19-41-26-10-5-8-20-9-6-15-35-31(20)26/h5-6,8-10,13-16,23-25,28-30,37H,4,7,11-12,17-19H2,1-3H3/t23?,24?,25-,28+,29?,30?,32?,33?,34+/m0/s1. The van der Waals surface area contributed by atoms with Crippen LogP contribution >= 0.6 is 11.8 Å². The summed E-state index contributed by atoms with van der Waals surface area (Å²) in [6.45, 7) is 6.47. The zero-order chi connectivity index (χ0) is 28.6. The molecule has 1 saturated heterocycles. The van der Waals surface area contributed by atoms with Crippen molar-refractivity contribution in [3.63, 3.8) is 0 Å². The second-order valence-electron chi connectivity index (χ2n) is 13.2. The van der Waals surface area contributed by atoms with Crippen molar-refractivity contribution in [2.24, 2.45) is 28.6 Å². The van der Waals surface area contributed by atoms with Gasteiger partial charge in [0, 0.05) is 33.2 Å². The minimum atomic E-state index is -1.09. The van der Waals surface area contributed by atoms with Crippen LogP contribution in [-0.2, 0) is 19.1 Å². The van der Waals surface area contributed by atoms with Crippen LogP contribution < -0.4 is 0 Å². The van der Waals surface area contributed by atoms with Crippen LogP contribution in [-0.4, -0.2) is 51.5 Å². The summed E-state index contributed by atoms with van der Waals surface area (Å²) in [5.41, 5.74) is 0.0359. The van der Waals surface area contributed by atoms with E-state index < -0.39 is 23.4 Å². The highest BCUT2D eigenvalue weighted by Gasteiger charge is 2.75. The van der Waals surface area contributed by atoms with Crippen molar-refractivity contribution >= 4 is 34.2 Å². The van der Waals surface area contributed by atoms with Gasteiger partial charge < -0.3 is 14.6 Å². The maximum absolute atomic E-state index is 14.6. The fraction of sp³-hybridized carbons (Fsp3) is 0.559. The second-order valence-corrected chi connectivity index (χ2v) is 14.2. The van der Waals surface area contributed by atoms with Gasteiger partial charge in [0.2, 0.25) is 0 Å². The third-order valence-electron chi connectivity index (χ3n) is 11.2. The van der Waals surface area contributed by atoms with E-state index in [-0.39, 0.29) is 46.6 Å². The van der Waals surface area contributed by atoms with E-state index in [4.69, 9.17) is 9.47 Å². The van der Waals surface area contributed by atoms with E-state index in [1.807, 2.05) is 36.4 Å². The highest BCUT2D eigenvalue weighted by molar-refractivity contribution is 8.00. The monoisotopic (exact) mass is 573 g/mol. The molecule has 2 aromatic rings. The highest BCUT2D eigenvalue weighted by Crippen LogP contribution is 2.69. The first-order valence-electron chi connectivity index (χ1n) is 15.2. The molecule has 9 atom stereocenters. The quantitative estimate of drug-likeness (QED) is 0.420. The van der Waals surface area contributed by atoms with E-state index in [0.29, 0.717) is 6.42 Å². The van der Waals surface area contributed by atoms with Crippen LogP contribution in [0.4, 0.5) is 0 Å². The number of ether oxygens (including phenoxy) is 2. The van der Waals surface area contributed by atoms with Gasteiger partial charge in [0.1, 0.15) is 0 Å². The lowest BCUT2D eigenvalue weighted by Gasteiger charge is -2.59. The molecule has 2 heterocycles. The van der Waals surface area contributed by atoms with Gasteiger partial charge in [0.15, 0.2) is 23.5 Å². The molecule has 0 amide bonds. The summed E-state index contributed by atoms with van der Waals surface area (Å²) in [6.07, 6.45) is 10.6. The van der Waals surface area contributed by atoms with Crippen molar-refractivity contribution in [2.75, 3.05) is 5.75 Å². The number of nitrogens with zero attached hydrogens (tertiary/aromatic N) is 1. The number of allylic oxidation sites excluding steroid dienone is 4. The molecule has 1 N–H and O–H groups in total. The predicted molar refractivity (Wildman–Crippen MR) is 158 cm³/mol. The summed E-state index contributed by atoms with van der Waals surface area (Å²) in [5.74, 6) is 0.746. The Kier molecular flexibility index (Phi) is 6.62. The Bertz CT molecular complexity index is 1460. The van der Waals surface area contributed by atoms with Crippen molar-refractivity contribution in [1.29, 1.82) is 0 Å². The average Bonchev–Trinajstić information content (AvgIpc) is 3.44. The molecular weight excluding hydrogens is 534 g/mol. The van der Waals surface area contributed by atoms with Crippen molar-refractivity contribution in [3.05, 3.63) is 60.3 Å². The Morgan fingerprint density at radius 2 is 2.05 bits per heavy atom. The molecule has 4 fully saturated rings. The number of carbonyl (C=O) groups is 2. The van der Waals surface area contributed by atoms with Crippen LogP contribution in [0.25, 0.3) is 10.9 Å². The number of benzene rings is 1. The zero-order valence-corrected chi connectivity index (χ0v) is 24.9. The van der Waals surface area contributed by atoms with Crippen LogP contribution in [0.1, 0.15) is 59.3 Å². The van der Waals surface area contributed by atoms with Gasteiger partial charge >= 0.3 is 0 Å². The average molecular weight is 574 g/mol. The number of fused-ring (bicyclic) bond motifs is 8. The molecule has 41 heavy (non-hydrogen) atoms. The Morgan fingerprint density at radius 3 is 2.88 bits per heavy atom. The van der Waals surface area contributed by atoms with Crippen molar-refractivity contribution in [1.82, 2.24) is 4.98 Å². The van der Waals surface area contributed by atoms with E-state index >= 15 is 0 Å². The Hall–Kier alpha value is -2.32. The van der Waals surface area contributed by atoms with Crippen molar-refractivity contribution < 1.29 is 24.2 Å². The SMILES string of the molecule is CCCC1O[C@@H]2CC3C4CCC5=CC(=O)C=CC5(C)C4[C@@H](O)CC3(C)[C@]2(C(=O)CSc2cccc3cccnc23)O1. The summed E-state index contributed by atoms with van der Waals surface area (Å²) in [7, 11) is 0. The van der Waals surface area contributed by atoms with Crippen LogP contribution in [0.3, 0.4) is 0 Å².